The van der Waals surface area contributed by atoms with Crippen molar-refractivity contribution >= 4 is 0 Å². The minimum Gasteiger partial charge on any atom is -0.380 e. The van der Waals surface area contributed by atoms with Crippen molar-refractivity contribution < 1.29 is 4.74 Å². The van der Waals surface area contributed by atoms with Gasteiger partial charge in [0.25, 0.3) is 0 Å². The summed E-state index contributed by atoms with van der Waals surface area (Å²) < 4.78 is 5.67. The summed E-state index contributed by atoms with van der Waals surface area (Å²) in [7, 11) is 0. The van der Waals surface area contributed by atoms with Crippen molar-refractivity contribution in [1.29, 1.82) is 0 Å². The number of nitrogens with zero attached hydrogens (tertiary/aromatic N) is 2. The molecule has 2 rings (SSSR count). The van der Waals surface area contributed by atoms with E-state index in [0.29, 0.717) is 12.0 Å². The molecule has 100 valence electrons. The van der Waals surface area contributed by atoms with Crippen molar-refractivity contribution in [1.82, 2.24) is 9.80 Å². The van der Waals surface area contributed by atoms with E-state index in [9.17, 15) is 0 Å². The lowest BCUT2D eigenvalue weighted by Gasteiger charge is -2.43. The first-order chi connectivity index (χ1) is 8.22. The van der Waals surface area contributed by atoms with Crippen LogP contribution in [0.2, 0.25) is 0 Å². The highest BCUT2D eigenvalue weighted by molar-refractivity contribution is 4.90. The van der Waals surface area contributed by atoms with Crippen LogP contribution in [0.5, 0.6) is 0 Å². The Morgan fingerprint density at radius 2 is 2.06 bits per heavy atom. The van der Waals surface area contributed by atoms with Gasteiger partial charge in [-0.2, -0.15) is 0 Å². The molecule has 3 nitrogen and oxygen atoms in total. The van der Waals surface area contributed by atoms with Crippen molar-refractivity contribution in [2.75, 3.05) is 39.4 Å². The summed E-state index contributed by atoms with van der Waals surface area (Å²) in [5, 5.41) is 0. The predicted molar refractivity (Wildman–Crippen MR) is 71.3 cm³/mol. The maximum Gasteiger partial charge on any atom is 0.0624 e. The van der Waals surface area contributed by atoms with Gasteiger partial charge in [-0.3, -0.25) is 9.80 Å². The van der Waals surface area contributed by atoms with Crippen LogP contribution in [0.15, 0.2) is 0 Å². The third-order valence-electron chi connectivity index (χ3n) is 4.35. The maximum atomic E-state index is 5.67. The maximum absolute atomic E-state index is 5.67. The Hall–Kier alpha value is -0.120. The molecule has 2 unspecified atom stereocenters. The molecule has 17 heavy (non-hydrogen) atoms. The van der Waals surface area contributed by atoms with Crippen molar-refractivity contribution in [2.24, 2.45) is 5.92 Å². The SMILES string of the molecule is CCOCC(C(C)C)N1CCN2CCCC2C1. The zero-order valence-electron chi connectivity index (χ0n) is 11.7. The first kappa shape index (κ1) is 13.3. The number of rotatable bonds is 5. The van der Waals surface area contributed by atoms with Gasteiger partial charge in [0.05, 0.1) is 6.61 Å². The second kappa shape index (κ2) is 6.17. The molecule has 2 atom stereocenters. The van der Waals surface area contributed by atoms with Gasteiger partial charge < -0.3 is 4.74 Å². The normalized spacial score (nSPS) is 28.6. The summed E-state index contributed by atoms with van der Waals surface area (Å²) in [6.45, 7) is 13.6. The number of ether oxygens (including phenoxy) is 1. The topological polar surface area (TPSA) is 15.7 Å². The smallest absolute Gasteiger partial charge is 0.0624 e. The average Bonchev–Trinajstić information content (AvgIpc) is 2.76. The van der Waals surface area contributed by atoms with Crippen molar-refractivity contribution in [3.05, 3.63) is 0 Å². The third kappa shape index (κ3) is 3.21. The Labute approximate surface area is 106 Å². The molecule has 0 radical (unpaired) electrons. The van der Waals surface area contributed by atoms with Crippen LogP contribution in [0, 0.1) is 5.92 Å². The van der Waals surface area contributed by atoms with E-state index >= 15 is 0 Å². The molecule has 0 bridgehead atoms. The van der Waals surface area contributed by atoms with E-state index in [0.717, 1.165) is 19.3 Å². The van der Waals surface area contributed by atoms with Gasteiger partial charge in [0, 0.05) is 38.3 Å². The molecular formula is C14H28N2O. The van der Waals surface area contributed by atoms with Gasteiger partial charge in [-0.05, 0) is 32.2 Å². The average molecular weight is 240 g/mol. The Bertz CT molecular complexity index is 232. The number of hydrogen-bond donors (Lipinski definition) is 0. The largest absolute Gasteiger partial charge is 0.380 e. The Balaban J connectivity index is 1.90. The molecule has 0 spiro atoms. The van der Waals surface area contributed by atoms with Crippen LogP contribution in [0.3, 0.4) is 0 Å². The van der Waals surface area contributed by atoms with Gasteiger partial charge in [0.15, 0.2) is 0 Å². The van der Waals surface area contributed by atoms with E-state index in [1.54, 1.807) is 0 Å². The summed E-state index contributed by atoms with van der Waals surface area (Å²) in [4.78, 5) is 5.35. The highest BCUT2D eigenvalue weighted by Crippen LogP contribution is 2.24. The lowest BCUT2D eigenvalue weighted by molar-refractivity contribution is 0.00557. The minimum absolute atomic E-state index is 0.609. The van der Waals surface area contributed by atoms with Crippen LogP contribution < -0.4 is 0 Å². The van der Waals surface area contributed by atoms with Crippen LogP contribution in [-0.4, -0.2) is 61.3 Å². The molecule has 0 amide bonds. The van der Waals surface area contributed by atoms with Gasteiger partial charge in [0.2, 0.25) is 0 Å². The van der Waals surface area contributed by atoms with Crippen LogP contribution >= 0.6 is 0 Å². The summed E-state index contributed by atoms with van der Waals surface area (Å²) in [6.07, 6.45) is 2.80. The molecule has 2 aliphatic rings. The summed E-state index contributed by atoms with van der Waals surface area (Å²) in [5.74, 6) is 0.689. The molecule has 0 aliphatic carbocycles. The molecule has 3 heteroatoms. The van der Waals surface area contributed by atoms with E-state index < -0.39 is 0 Å². The van der Waals surface area contributed by atoms with E-state index in [-0.39, 0.29) is 0 Å². The van der Waals surface area contributed by atoms with Gasteiger partial charge in [-0.25, -0.2) is 0 Å². The summed E-state index contributed by atoms with van der Waals surface area (Å²) in [6, 6.07) is 1.43. The van der Waals surface area contributed by atoms with Crippen LogP contribution in [0.1, 0.15) is 33.6 Å². The molecule has 0 aromatic carbocycles. The second-order valence-corrected chi connectivity index (χ2v) is 5.80. The fraction of sp³-hybridized carbons (Fsp3) is 1.00. The minimum atomic E-state index is 0.609. The number of fused-ring (bicyclic) bond motifs is 1. The van der Waals surface area contributed by atoms with Gasteiger partial charge >= 0.3 is 0 Å². The molecule has 2 saturated heterocycles. The molecule has 2 fully saturated rings. The summed E-state index contributed by atoms with van der Waals surface area (Å²) in [5.41, 5.74) is 0. The number of hydrogen-bond acceptors (Lipinski definition) is 3. The molecule has 0 aromatic heterocycles. The van der Waals surface area contributed by atoms with Gasteiger partial charge in [-0.1, -0.05) is 13.8 Å². The standard InChI is InChI=1S/C14H28N2O/c1-4-17-11-14(12(2)3)16-9-8-15-7-5-6-13(15)10-16/h12-14H,4-11H2,1-3H3. The predicted octanol–water partition coefficient (Wildman–Crippen LogP) is 1.83. The Morgan fingerprint density at radius 1 is 1.24 bits per heavy atom. The van der Waals surface area contributed by atoms with Crippen LogP contribution in [0.25, 0.3) is 0 Å². The Morgan fingerprint density at radius 3 is 2.76 bits per heavy atom. The first-order valence-corrected chi connectivity index (χ1v) is 7.28. The molecular weight excluding hydrogens is 212 g/mol. The van der Waals surface area contributed by atoms with Crippen molar-refractivity contribution in [3.8, 4) is 0 Å². The first-order valence-electron chi connectivity index (χ1n) is 7.28. The van der Waals surface area contributed by atoms with Crippen LogP contribution in [0.4, 0.5) is 0 Å². The highest BCUT2D eigenvalue weighted by Gasteiger charge is 2.34. The highest BCUT2D eigenvalue weighted by atomic mass is 16.5. The monoisotopic (exact) mass is 240 g/mol. The van der Waals surface area contributed by atoms with Crippen molar-refractivity contribution in [2.45, 2.75) is 45.7 Å². The molecule has 0 aromatic rings. The fourth-order valence-corrected chi connectivity index (χ4v) is 3.27. The van der Waals surface area contributed by atoms with Gasteiger partial charge in [-0.15, -0.1) is 0 Å². The lowest BCUT2D eigenvalue weighted by Crippen LogP contribution is -2.55. The van der Waals surface area contributed by atoms with E-state index in [1.165, 1.54) is 39.0 Å². The second-order valence-electron chi connectivity index (χ2n) is 5.80. The third-order valence-corrected chi connectivity index (χ3v) is 4.35. The zero-order chi connectivity index (χ0) is 12.3. The molecule has 2 heterocycles. The Kier molecular flexibility index (Phi) is 4.83. The molecule has 0 saturated carbocycles. The summed E-state index contributed by atoms with van der Waals surface area (Å²) >= 11 is 0. The van der Waals surface area contributed by atoms with E-state index in [2.05, 4.69) is 30.6 Å². The lowest BCUT2D eigenvalue weighted by atomic mass is 10.0. The van der Waals surface area contributed by atoms with E-state index in [4.69, 9.17) is 4.74 Å². The molecule has 0 N–H and O–H groups in total. The van der Waals surface area contributed by atoms with Crippen molar-refractivity contribution in [3.63, 3.8) is 0 Å². The van der Waals surface area contributed by atoms with Gasteiger partial charge in [0.1, 0.15) is 0 Å². The fourth-order valence-electron chi connectivity index (χ4n) is 3.27. The quantitative estimate of drug-likeness (QED) is 0.729. The van der Waals surface area contributed by atoms with Crippen LogP contribution in [-0.2, 0) is 4.74 Å². The van der Waals surface area contributed by atoms with E-state index in [1.807, 2.05) is 0 Å². The molecule has 2 aliphatic heterocycles. The zero-order valence-corrected chi connectivity index (χ0v) is 11.7. The number of piperazine rings is 1.